The molecule has 0 spiro atoms. The zero-order valence-electron chi connectivity index (χ0n) is 10.6. The van der Waals surface area contributed by atoms with Crippen LogP contribution in [-0.2, 0) is 10.1 Å². The normalized spacial score (nSPS) is 11.1. The summed E-state index contributed by atoms with van der Waals surface area (Å²) in [5.74, 6) is 0. The lowest BCUT2D eigenvalue weighted by Gasteiger charge is -2.10. The van der Waals surface area contributed by atoms with Gasteiger partial charge in [0.2, 0.25) is 0 Å². The molecule has 4 N–H and O–H groups in total. The van der Waals surface area contributed by atoms with Crippen LogP contribution in [0.4, 0.5) is 22.7 Å². The van der Waals surface area contributed by atoms with Gasteiger partial charge in [-0.25, -0.2) is 0 Å². The molecule has 0 saturated heterocycles. The summed E-state index contributed by atoms with van der Waals surface area (Å²) in [6, 6.07) is 9.53. The van der Waals surface area contributed by atoms with Gasteiger partial charge in [-0.3, -0.25) is 14.7 Å². The number of hydrogen-bond acceptors (Lipinski definition) is 6. The molecule has 0 aromatic heterocycles. The number of nitro benzene ring substituents is 1. The Hall–Kier alpha value is -2.65. The van der Waals surface area contributed by atoms with Crippen LogP contribution in [0.25, 0.3) is 0 Å². The molecule has 0 aliphatic heterocycles. The summed E-state index contributed by atoms with van der Waals surface area (Å²) >= 11 is 0. The zero-order chi connectivity index (χ0) is 15.6. The summed E-state index contributed by atoms with van der Waals surface area (Å²) in [6.07, 6.45) is 0. The maximum atomic E-state index is 11.3. The first-order valence-electron chi connectivity index (χ1n) is 5.66. The van der Waals surface area contributed by atoms with Crippen molar-refractivity contribution in [2.45, 2.75) is 4.90 Å². The van der Waals surface area contributed by atoms with Crippen molar-refractivity contribution in [3.05, 3.63) is 52.6 Å². The molecule has 0 saturated carbocycles. The van der Waals surface area contributed by atoms with Gasteiger partial charge < -0.3 is 11.1 Å². The minimum atomic E-state index is -4.61. The Morgan fingerprint density at radius 3 is 2.29 bits per heavy atom. The lowest BCUT2D eigenvalue weighted by Crippen LogP contribution is -2.04. The highest BCUT2D eigenvalue weighted by atomic mass is 32.2. The predicted molar refractivity (Wildman–Crippen MR) is 77.0 cm³/mol. The molecule has 21 heavy (non-hydrogen) atoms. The highest BCUT2D eigenvalue weighted by Crippen LogP contribution is 2.29. The fourth-order valence-corrected chi connectivity index (χ4v) is 2.33. The summed E-state index contributed by atoms with van der Waals surface area (Å²) in [4.78, 5) is 9.36. The van der Waals surface area contributed by atoms with E-state index in [1.165, 1.54) is 6.07 Å². The number of benzene rings is 2. The molecule has 0 fully saturated rings. The molecule has 0 aliphatic rings. The van der Waals surface area contributed by atoms with Crippen molar-refractivity contribution in [2.24, 2.45) is 0 Å². The molecule has 9 heteroatoms. The van der Waals surface area contributed by atoms with E-state index >= 15 is 0 Å². The molecule has 0 aliphatic carbocycles. The van der Waals surface area contributed by atoms with Gasteiger partial charge in [-0.1, -0.05) is 0 Å². The maximum Gasteiger partial charge on any atom is 0.296 e. The van der Waals surface area contributed by atoms with Crippen LogP contribution in [0.1, 0.15) is 0 Å². The summed E-state index contributed by atoms with van der Waals surface area (Å²) in [5.41, 5.74) is 6.16. The van der Waals surface area contributed by atoms with E-state index < -0.39 is 25.6 Å². The molecule has 110 valence electrons. The van der Waals surface area contributed by atoms with Gasteiger partial charge in [0.05, 0.1) is 10.6 Å². The van der Waals surface area contributed by atoms with Gasteiger partial charge in [0.25, 0.3) is 15.8 Å². The minimum Gasteiger partial charge on any atom is -0.399 e. The molecule has 0 atom stereocenters. The summed E-state index contributed by atoms with van der Waals surface area (Å²) < 4.78 is 31.9. The topological polar surface area (TPSA) is 136 Å². The molecule has 0 heterocycles. The lowest BCUT2D eigenvalue weighted by atomic mass is 10.2. The van der Waals surface area contributed by atoms with Crippen molar-refractivity contribution in [3.63, 3.8) is 0 Å². The van der Waals surface area contributed by atoms with Crippen molar-refractivity contribution >= 4 is 32.9 Å². The molecular weight excluding hydrogens is 298 g/mol. The number of anilines is 3. The third kappa shape index (κ3) is 3.46. The molecule has 2 rings (SSSR count). The Morgan fingerprint density at radius 1 is 1.14 bits per heavy atom. The smallest absolute Gasteiger partial charge is 0.296 e. The molecule has 0 radical (unpaired) electrons. The molecule has 2 aromatic carbocycles. The van der Waals surface area contributed by atoms with Gasteiger partial charge in [-0.2, -0.15) is 8.42 Å². The number of hydrogen-bond donors (Lipinski definition) is 3. The second-order valence-electron chi connectivity index (χ2n) is 4.16. The van der Waals surface area contributed by atoms with Crippen LogP contribution >= 0.6 is 0 Å². The second kappa shape index (κ2) is 5.38. The second-order valence-corrected chi connectivity index (χ2v) is 5.55. The molecule has 2 aromatic rings. The van der Waals surface area contributed by atoms with Crippen molar-refractivity contribution in [1.82, 2.24) is 0 Å². The van der Waals surface area contributed by atoms with E-state index in [4.69, 9.17) is 5.73 Å². The quantitative estimate of drug-likeness (QED) is 0.341. The van der Waals surface area contributed by atoms with Crippen LogP contribution in [0.2, 0.25) is 0 Å². The van der Waals surface area contributed by atoms with E-state index in [-0.39, 0.29) is 5.69 Å². The van der Waals surface area contributed by atoms with Crippen LogP contribution in [0.5, 0.6) is 0 Å². The molecular formula is C12H11N3O5S. The van der Waals surface area contributed by atoms with E-state index in [1.807, 2.05) is 0 Å². The van der Waals surface area contributed by atoms with Crippen molar-refractivity contribution < 1.29 is 17.9 Å². The standard InChI is InChI=1S/C12H11N3O5S/c13-8-1-3-9(4-2-8)14-11-6-5-10(15(16)17)7-12(11)21(18,19)20/h1-7,14H,13H2,(H,18,19,20). The van der Waals surface area contributed by atoms with Gasteiger partial charge in [0.1, 0.15) is 4.90 Å². The van der Waals surface area contributed by atoms with Gasteiger partial charge in [-0.05, 0) is 30.3 Å². The first-order valence-corrected chi connectivity index (χ1v) is 7.10. The number of nitro groups is 1. The third-order valence-corrected chi connectivity index (χ3v) is 3.54. The molecule has 0 amide bonds. The number of nitrogen functional groups attached to an aromatic ring is 1. The van der Waals surface area contributed by atoms with Gasteiger partial charge in [0, 0.05) is 23.5 Å². The highest BCUT2D eigenvalue weighted by molar-refractivity contribution is 7.86. The van der Waals surface area contributed by atoms with Gasteiger partial charge >= 0.3 is 0 Å². The first-order chi connectivity index (χ1) is 9.77. The van der Waals surface area contributed by atoms with E-state index in [1.54, 1.807) is 24.3 Å². The molecule has 0 unspecified atom stereocenters. The van der Waals surface area contributed by atoms with E-state index in [0.717, 1.165) is 12.1 Å². The third-order valence-electron chi connectivity index (χ3n) is 2.64. The maximum absolute atomic E-state index is 11.3. The minimum absolute atomic E-state index is 0.0212. The SMILES string of the molecule is Nc1ccc(Nc2ccc([N+](=O)[O-])cc2S(=O)(=O)O)cc1. The number of non-ortho nitro benzene ring substituents is 1. The summed E-state index contributed by atoms with van der Waals surface area (Å²) in [5, 5.41) is 13.4. The Labute approximate surface area is 120 Å². The largest absolute Gasteiger partial charge is 0.399 e. The molecule has 0 bridgehead atoms. The monoisotopic (exact) mass is 309 g/mol. The van der Waals surface area contributed by atoms with Crippen molar-refractivity contribution in [2.75, 3.05) is 11.1 Å². The number of rotatable bonds is 4. The van der Waals surface area contributed by atoms with E-state index in [2.05, 4.69) is 5.32 Å². The Bertz CT molecular complexity index is 787. The molecule has 8 nitrogen and oxygen atoms in total. The van der Waals surface area contributed by atoms with E-state index in [0.29, 0.717) is 11.4 Å². The van der Waals surface area contributed by atoms with Gasteiger partial charge in [0.15, 0.2) is 0 Å². The number of nitrogens with zero attached hydrogens (tertiary/aromatic N) is 1. The average Bonchev–Trinajstić information content (AvgIpc) is 2.40. The van der Waals surface area contributed by atoms with Crippen molar-refractivity contribution in [3.8, 4) is 0 Å². The van der Waals surface area contributed by atoms with Crippen molar-refractivity contribution in [1.29, 1.82) is 0 Å². The van der Waals surface area contributed by atoms with Crippen LogP contribution < -0.4 is 11.1 Å². The Balaban J connectivity index is 2.48. The first kappa shape index (κ1) is 14.8. The lowest BCUT2D eigenvalue weighted by molar-refractivity contribution is -0.385. The fraction of sp³-hybridized carbons (Fsp3) is 0. The van der Waals surface area contributed by atoms with Gasteiger partial charge in [-0.15, -0.1) is 0 Å². The number of nitrogens with one attached hydrogen (secondary N) is 1. The van der Waals surface area contributed by atoms with Crippen LogP contribution in [0.15, 0.2) is 47.4 Å². The van der Waals surface area contributed by atoms with Crippen LogP contribution in [0.3, 0.4) is 0 Å². The van der Waals surface area contributed by atoms with Crippen LogP contribution in [-0.4, -0.2) is 17.9 Å². The summed E-state index contributed by atoms with van der Waals surface area (Å²) in [6.45, 7) is 0. The Kier molecular flexibility index (Phi) is 3.78. The fourth-order valence-electron chi connectivity index (χ4n) is 1.66. The van der Waals surface area contributed by atoms with Crippen LogP contribution in [0, 0.1) is 10.1 Å². The predicted octanol–water partition coefficient (Wildman–Crippen LogP) is 2.17. The number of nitrogens with two attached hydrogens (primary N) is 1. The Morgan fingerprint density at radius 2 is 1.76 bits per heavy atom. The average molecular weight is 309 g/mol. The summed E-state index contributed by atoms with van der Waals surface area (Å²) in [7, 11) is -4.61. The zero-order valence-corrected chi connectivity index (χ0v) is 11.4. The highest BCUT2D eigenvalue weighted by Gasteiger charge is 2.20. The van der Waals surface area contributed by atoms with E-state index in [9.17, 15) is 23.1 Å².